The molecule has 2 heterocycles. The fourth-order valence-electron chi connectivity index (χ4n) is 2.40. The molecule has 0 aliphatic rings. The first-order valence-electron chi connectivity index (χ1n) is 8.26. The zero-order valence-corrected chi connectivity index (χ0v) is 16.2. The van der Waals surface area contributed by atoms with Crippen LogP contribution >= 0.6 is 22.7 Å². The molecular formula is C20H18N2O2S2. The van der Waals surface area contributed by atoms with Gasteiger partial charge in [-0.2, -0.15) is 5.26 Å². The van der Waals surface area contributed by atoms with E-state index in [-0.39, 0.29) is 0 Å². The topological polar surface area (TPSA) is 55.1 Å². The molecule has 0 aliphatic carbocycles. The van der Waals surface area contributed by atoms with Gasteiger partial charge < -0.3 is 9.47 Å². The van der Waals surface area contributed by atoms with E-state index in [4.69, 9.17) is 9.47 Å². The molecule has 0 spiro atoms. The highest BCUT2D eigenvalue weighted by atomic mass is 32.1. The number of nitriles is 1. The summed E-state index contributed by atoms with van der Waals surface area (Å²) in [5.74, 6) is 1.39. The van der Waals surface area contributed by atoms with Gasteiger partial charge in [0.25, 0.3) is 0 Å². The average Bonchev–Trinajstić information content (AvgIpc) is 3.33. The average molecular weight is 383 g/mol. The molecule has 132 valence electrons. The summed E-state index contributed by atoms with van der Waals surface area (Å²) in [4.78, 5) is 5.71. The number of nitrogens with zero attached hydrogens (tertiary/aromatic N) is 2. The lowest BCUT2D eigenvalue weighted by atomic mass is 10.1. The number of hydrogen-bond acceptors (Lipinski definition) is 6. The van der Waals surface area contributed by atoms with E-state index in [9.17, 15) is 5.26 Å². The summed E-state index contributed by atoms with van der Waals surface area (Å²) in [6.45, 7) is 4.99. The monoisotopic (exact) mass is 382 g/mol. The van der Waals surface area contributed by atoms with Crippen molar-refractivity contribution < 1.29 is 9.47 Å². The summed E-state index contributed by atoms with van der Waals surface area (Å²) in [5, 5.41) is 14.3. The van der Waals surface area contributed by atoms with E-state index >= 15 is 0 Å². The van der Waals surface area contributed by atoms with Crippen molar-refractivity contribution in [1.82, 2.24) is 4.98 Å². The van der Waals surface area contributed by atoms with Crippen molar-refractivity contribution in [2.45, 2.75) is 13.8 Å². The fraction of sp³-hybridized carbons (Fsp3) is 0.200. The van der Waals surface area contributed by atoms with Gasteiger partial charge in [0.15, 0.2) is 11.5 Å². The van der Waals surface area contributed by atoms with Crippen LogP contribution < -0.4 is 9.47 Å². The molecule has 0 atom stereocenters. The summed E-state index contributed by atoms with van der Waals surface area (Å²) in [6, 6.07) is 12.0. The van der Waals surface area contributed by atoms with Crippen molar-refractivity contribution in [1.29, 1.82) is 5.26 Å². The molecule has 0 fully saturated rings. The van der Waals surface area contributed by atoms with Crippen LogP contribution in [0.25, 0.3) is 22.2 Å². The van der Waals surface area contributed by atoms with Gasteiger partial charge in [0.1, 0.15) is 11.1 Å². The normalized spacial score (nSPS) is 11.2. The number of aromatic nitrogens is 1. The first-order valence-corrected chi connectivity index (χ1v) is 10.0. The maximum Gasteiger partial charge on any atom is 0.161 e. The van der Waals surface area contributed by atoms with Gasteiger partial charge in [-0.1, -0.05) is 12.1 Å². The molecule has 1 aromatic carbocycles. The second-order valence-electron chi connectivity index (χ2n) is 5.26. The van der Waals surface area contributed by atoms with Crippen molar-refractivity contribution in [3.05, 3.63) is 51.7 Å². The summed E-state index contributed by atoms with van der Waals surface area (Å²) < 4.78 is 11.2. The Hall–Kier alpha value is -2.62. The number of hydrogen-bond donors (Lipinski definition) is 0. The lowest BCUT2D eigenvalue weighted by Gasteiger charge is -2.11. The van der Waals surface area contributed by atoms with Crippen molar-refractivity contribution in [2.24, 2.45) is 0 Å². The van der Waals surface area contributed by atoms with E-state index in [1.807, 2.05) is 61.0 Å². The van der Waals surface area contributed by atoms with Crippen LogP contribution in [0.3, 0.4) is 0 Å². The van der Waals surface area contributed by atoms with Gasteiger partial charge in [0, 0.05) is 5.38 Å². The number of ether oxygens (including phenoxy) is 2. The highest BCUT2D eigenvalue weighted by Crippen LogP contribution is 2.32. The molecule has 6 heteroatoms. The number of allylic oxidation sites excluding steroid dienone is 1. The lowest BCUT2D eigenvalue weighted by Crippen LogP contribution is -1.98. The first kappa shape index (κ1) is 18.2. The molecule has 3 rings (SSSR count). The van der Waals surface area contributed by atoms with Crippen LogP contribution in [0.5, 0.6) is 11.5 Å². The Morgan fingerprint density at radius 3 is 2.65 bits per heavy atom. The highest BCUT2D eigenvalue weighted by Gasteiger charge is 2.11. The molecule has 0 radical (unpaired) electrons. The minimum absolute atomic E-state index is 0.532. The Morgan fingerprint density at radius 1 is 1.15 bits per heavy atom. The van der Waals surface area contributed by atoms with Gasteiger partial charge in [-0.25, -0.2) is 4.98 Å². The third-order valence-electron chi connectivity index (χ3n) is 3.51. The van der Waals surface area contributed by atoms with E-state index in [1.54, 1.807) is 11.3 Å². The highest BCUT2D eigenvalue weighted by molar-refractivity contribution is 7.14. The van der Waals surface area contributed by atoms with Crippen LogP contribution in [0.1, 0.15) is 24.4 Å². The van der Waals surface area contributed by atoms with E-state index in [1.165, 1.54) is 11.3 Å². The SMILES string of the molecule is CCOc1ccc(/C=C(/C#N)c2nc(-c3cccs3)cs2)cc1OCC. The Balaban J connectivity index is 1.92. The molecule has 0 bridgehead atoms. The smallest absolute Gasteiger partial charge is 0.161 e. The van der Waals surface area contributed by atoms with E-state index in [2.05, 4.69) is 11.1 Å². The van der Waals surface area contributed by atoms with Gasteiger partial charge in [-0.3, -0.25) is 0 Å². The largest absolute Gasteiger partial charge is 0.490 e. The summed E-state index contributed by atoms with van der Waals surface area (Å²) in [7, 11) is 0. The number of benzene rings is 1. The molecule has 3 aromatic rings. The molecular weight excluding hydrogens is 364 g/mol. The molecule has 0 amide bonds. The molecule has 4 nitrogen and oxygen atoms in total. The van der Waals surface area contributed by atoms with Crippen LogP contribution in [-0.2, 0) is 0 Å². The van der Waals surface area contributed by atoms with Crippen LogP contribution in [0.2, 0.25) is 0 Å². The maximum absolute atomic E-state index is 9.59. The fourth-order valence-corrected chi connectivity index (χ4v) is 3.95. The zero-order chi connectivity index (χ0) is 18.4. The summed E-state index contributed by atoms with van der Waals surface area (Å²) in [6.07, 6.45) is 1.83. The quantitative estimate of drug-likeness (QED) is 0.489. The van der Waals surface area contributed by atoms with Gasteiger partial charge in [-0.15, -0.1) is 22.7 Å². The van der Waals surface area contributed by atoms with Crippen LogP contribution in [0, 0.1) is 11.3 Å². The molecule has 2 aromatic heterocycles. The zero-order valence-electron chi connectivity index (χ0n) is 14.6. The van der Waals surface area contributed by atoms with Crippen LogP contribution in [0.15, 0.2) is 41.1 Å². The Bertz CT molecular complexity index is 937. The second kappa shape index (κ2) is 8.65. The Kier molecular flexibility index (Phi) is 6.05. The van der Waals surface area contributed by atoms with Gasteiger partial charge >= 0.3 is 0 Å². The van der Waals surface area contributed by atoms with E-state index in [0.29, 0.717) is 35.3 Å². The third kappa shape index (κ3) is 4.13. The summed E-state index contributed by atoms with van der Waals surface area (Å²) in [5.41, 5.74) is 2.31. The minimum Gasteiger partial charge on any atom is -0.490 e. The van der Waals surface area contributed by atoms with Gasteiger partial charge in [0.2, 0.25) is 0 Å². The summed E-state index contributed by atoms with van der Waals surface area (Å²) >= 11 is 3.11. The minimum atomic E-state index is 0.532. The molecule has 0 saturated carbocycles. The maximum atomic E-state index is 9.59. The van der Waals surface area contributed by atoms with Gasteiger partial charge in [-0.05, 0) is 49.1 Å². The van der Waals surface area contributed by atoms with Crippen LogP contribution in [-0.4, -0.2) is 18.2 Å². The van der Waals surface area contributed by atoms with E-state index < -0.39 is 0 Å². The molecule has 0 aliphatic heterocycles. The third-order valence-corrected chi connectivity index (χ3v) is 5.28. The molecule has 0 unspecified atom stereocenters. The van der Waals surface area contributed by atoms with E-state index in [0.717, 1.165) is 16.1 Å². The standard InChI is InChI=1S/C20H18N2O2S2/c1-3-23-17-8-7-14(11-18(17)24-4-2)10-15(12-21)20-22-16(13-26-20)19-6-5-9-25-19/h5-11,13H,3-4H2,1-2H3/b15-10-. The van der Waals surface area contributed by atoms with Crippen molar-refractivity contribution in [3.63, 3.8) is 0 Å². The van der Waals surface area contributed by atoms with Crippen molar-refractivity contribution >= 4 is 34.3 Å². The predicted octanol–water partition coefficient (Wildman–Crippen LogP) is 5.73. The predicted molar refractivity (Wildman–Crippen MR) is 108 cm³/mol. The van der Waals surface area contributed by atoms with Crippen molar-refractivity contribution in [3.8, 4) is 28.1 Å². The van der Waals surface area contributed by atoms with Crippen LogP contribution in [0.4, 0.5) is 0 Å². The second-order valence-corrected chi connectivity index (χ2v) is 7.06. The molecule has 0 saturated heterocycles. The lowest BCUT2D eigenvalue weighted by molar-refractivity contribution is 0.287. The molecule has 26 heavy (non-hydrogen) atoms. The molecule has 0 N–H and O–H groups in total. The van der Waals surface area contributed by atoms with Gasteiger partial charge in [0.05, 0.1) is 29.4 Å². The number of rotatable bonds is 7. The van der Waals surface area contributed by atoms with Crippen molar-refractivity contribution in [2.75, 3.05) is 13.2 Å². The first-order chi connectivity index (χ1) is 12.7. The number of thiazole rings is 1. The Labute approximate surface area is 161 Å². The Morgan fingerprint density at radius 2 is 1.96 bits per heavy atom. The number of thiophene rings is 1.